The zero-order chi connectivity index (χ0) is 19.2. The first-order chi connectivity index (χ1) is 13.1. The maximum atomic E-state index is 13.4. The van der Waals surface area contributed by atoms with Crippen LogP contribution in [0.3, 0.4) is 0 Å². The highest BCUT2D eigenvalue weighted by Crippen LogP contribution is 2.29. The van der Waals surface area contributed by atoms with Gasteiger partial charge in [0.05, 0.1) is 11.0 Å². The Hall–Kier alpha value is -3.05. The molecule has 0 amide bonds. The van der Waals surface area contributed by atoms with Crippen molar-refractivity contribution in [2.45, 2.75) is 25.4 Å². The van der Waals surface area contributed by atoms with Crippen molar-refractivity contribution in [2.75, 3.05) is 0 Å². The van der Waals surface area contributed by atoms with Gasteiger partial charge in [0.15, 0.2) is 0 Å². The van der Waals surface area contributed by atoms with Gasteiger partial charge in [-0.15, -0.1) is 0 Å². The molecule has 0 aliphatic carbocycles. The monoisotopic (exact) mass is 364 g/mol. The normalized spacial score (nSPS) is 13.1. The number of nitrogens with zero attached hydrogens (tertiary/aromatic N) is 1. The number of halogens is 1. The topological polar surface area (TPSA) is 55.2 Å². The highest BCUT2D eigenvalue weighted by molar-refractivity contribution is 5.40. The summed E-state index contributed by atoms with van der Waals surface area (Å²) in [5.41, 5.74) is 2.79. The number of nitro groups is 1. The van der Waals surface area contributed by atoms with Gasteiger partial charge < -0.3 is 0 Å². The Labute approximate surface area is 157 Å². The zero-order valence-corrected chi connectivity index (χ0v) is 15.0. The lowest BCUT2D eigenvalue weighted by atomic mass is 9.95. The van der Waals surface area contributed by atoms with Gasteiger partial charge in [0, 0.05) is 18.2 Å². The van der Waals surface area contributed by atoms with Crippen molar-refractivity contribution in [2.24, 2.45) is 0 Å². The summed E-state index contributed by atoms with van der Waals surface area (Å²) in [5.74, 6) is -0.313. The lowest BCUT2D eigenvalue weighted by Gasteiger charge is -2.26. The van der Waals surface area contributed by atoms with Gasteiger partial charge in [-0.1, -0.05) is 61.5 Å². The summed E-state index contributed by atoms with van der Waals surface area (Å²) in [5, 5.41) is 14.8. The minimum atomic E-state index is -0.403. The van der Waals surface area contributed by atoms with Crippen LogP contribution in [-0.4, -0.2) is 4.92 Å². The van der Waals surface area contributed by atoms with E-state index in [1.54, 1.807) is 24.3 Å². The maximum absolute atomic E-state index is 13.4. The molecule has 3 aromatic rings. The van der Waals surface area contributed by atoms with Crippen molar-refractivity contribution in [3.63, 3.8) is 0 Å². The first kappa shape index (κ1) is 18.7. The summed E-state index contributed by atoms with van der Waals surface area (Å²) < 4.78 is 13.4. The molecule has 0 saturated carbocycles. The van der Waals surface area contributed by atoms with Crippen LogP contribution in [0, 0.1) is 15.9 Å². The Bertz CT molecular complexity index is 898. The van der Waals surface area contributed by atoms with Crippen molar-refractivity contribution in [1.29, 1.82) is 0 Å². The Morgan fingerprint density at radius 1 is 0.926 bits per heavy atom. The molecule has 3 aromatic carbocycles. The van der Waals surface area contributed by atoms with Crippen LogP contribution in [0.5, 0.6) is 0 Å². The van der Waals surface area contributed by atoms with Gasteiger partial charge in [0.1, 0.15) is 5.82 Å². The van der Waals surface area contributed by atoms with Crippen molar-refractivity contribution in [3.05, 3.63) is 111 Å². The molecule has 0 saturated heterocycles. The molecule has 2 atom stereocenters. The summed E-state index contributed by atoms with van der Waals surface area (Å²) >= 11 is 0. The van der Waals surface area contributed by atoms with E-state index in [-0.39, 0.29) is 23.6 Å². The molecule has 3 rings (SSSR count). The van der Waals surface area contributed by atoms with E-state index in [0.29, 0.717) is 0 Å². The lowest BCUT2D eigenvalue weighted by molar-refractivity contribution is -0.384. The molecule has 138 valence electrons. The number of nitro benzene ring substituents is 1. The van der Waals surface area contributed by atoms with Crippen LogP contribution in [0.4, 0.5) is 10.1 Å². The molecule has 0 heterocycles. The predicted molar refractivity (Wildman–Crippen MR) is 104 cm³/mol. The number of rotatable bonds is 7. The summed E-state index contributed by atoms with van der Waals surface area (Å²) in [6.07, 6.45) is 0.844. The Morgan fingerprint density at radius 2 is 1.59 bits per heavy atom. The first-order valence-corrected chi connectivity index (χ1v) is 8.89. The molecule has 0 bridgehead atoms. The fourth-order valence-corrected chi connectivity index (χ4v) is 3.19. The summed E-state index contributed by atoms with van der Waals surface area (Å²) in [4.78, 5) is 10.8. The smallest absolute Gasteiger partial charge is 0.269 e. The first-order valence-electron chi connectivity index (χ1n) is 8.89. The molecular weight excluding hydrogens is 343 g/mol. The third-order valence-electron chi connectivity index (χ3n) is 4.60. The second-order valence-electron chi connectivity index (χ2n) is 6.37. The van der Waals surface area contributed by atoms with Gasteiger partial charge in [0.25, 0.3) is 5.69 Å². The summed E-state index contributed by atoms with van der Waals surface area (Å²) in [6.45, 7) is 2.08. The third-order valence-corrected chi connectivity index (χ3v) is 4.60. The highest BCUT2D eigenvalue weighted by Gasteiger charge is 2.21. The standard InChI is InChI=1S/C22H21FN2O2/c1-2-21(16-7-4-3-5-8-16)24-22(17-11-13-19(23)14-12-17)18-9-6-10-20(15-18)25(26)27/h3-15,21-22,24H,2H2,1H3/t21-,22?/m1/s1. The fourth-order valence-electron chi connectivity index (χ4n) is 3.19. The van der Waals surface area contributed by atoms with E-state index in [9.17, 15) is 14.5 Å². The van der Waals surface area contributed by atoms with Crippen molar-refractivity contribution in [1.82, 2.24) is 5.32 Å². The van der Waals surface area contributed by atoms with E-state index in [1.165, 1.54) is 18.2 Å². The molecule has 4 nitrogen and oxygen atoms in total. The fraction of sp³-hybridized carbons (Fsp3) is 0.182. The van der Waals surface area contributed by atoms with E-state index in [4.69, 9.17) is 0 Å². The van der Waals surface area contributed by atoms with Crippen LogP contribution in [0.1, 0.15) is 42.1 Å². The van der Waals surface area contributed by atoms with Crippen LogP contribution in [-0.2, 0) is 0 Å². The summed E-state index contributed by atoms with van der Waals surface area (Å²) in [7, 11) is 0. The molecule has 0 radical (unpaired) electrons. The molecular formula is C22H21FN2O2. The van der Waals surface area contributed by atoms with Gasteiger partial charge in [-0.2, -0.15) is 0 Å². The Kier molecular flexibility index (Phi) is 5.94. The van der Waals surface area contributed by atoms with Gasteiger partial charge in [0.2, 0.25) is 0 Å². The average molecular weight is 364 g/mol. The van der Waals surface area contributed by atoms with Crippen molar-refractivity contribution < 1.29 is 9.31 Å². The van der Waals surface area contributed by atoms with E-state index >= 15 is 0 Å². The lowest BCUT2D eigenvalue weighted by Crippen LogP contribution is -2.27. The Morgan fingerprint density at radius 3 is 2.22 bits per heavy atom. The third kappa shape index (κ3) is 4.57. The van der Waals surface area contributed by atoms with E-state index < -0.39 is 4.92 Å². The van der Waals surface area contributed by atoms with Crippen LogP contribution >= 0.6 is 0 Å². The maximum Gasteiger partial charge on any atom is 0.269 e. The minimum absolute atomic E-state index is 0.0363. The number of hydrogen-bond acceptors (Lipinski definition) is 3. The minimum Gasteiger partial charge on any atom is -0.299 e. The molecule has 27 heavy (non-hydrogen) atoms. The predicted octanol–water partition coefficient (Wildman–Crippen LogP) is 5.56. The van der Waals surface area contributed by atoms with Crippen LogP contribution in [0.15, 0.2) is 78.9 Å². The second kappa shape index (κ2) is 8.56. The molecule has 1 N–H and O–H groups in total. The molecule has 0 aliphatic rings. The van der Waals surface area contributed by atoms with E-state index in [2.05, 4.69) is 24.4 Å². The van der Waals surface area contributed by atoms with Crippen LogP contribution in [0.25, 0.3) is 0 Å². The SMILES string of the molecule is CC[C@@H](NC(c1ccc(F)cc1)c1cccc([N+](=O)[O-])c1)c1ccccc1. The van der Waals surface area contributed by atoms with Crippen molar-refractivity contribution in [3.8, 4) is 0 Å². The molecule has 0 aromatic heterocycles. The zero-order valence-electron chi connectivity index (χ0n) is 15.0. The summed E-state index contributed by atoms with van der Waals surface area (Å²) in [6, 6.07) is 22.6. The van der Waals surface area contributed by atoms with E-state index in [0.717, 1.165) is 23.1 Å². The molecule has 5 heteroatoms. The van der Waals surface area contributed by atoms with Gasteiger partial charge >= 0.3 is 0 Å². The second-order valence-corrected chi connectivity index (χ2v) is 6.37. The van der Waals surface area contributed by atoms with Crippen molar-refractivity contribution >= 4 is 5.69 Å². The largest absolute Gasteiger partial charge is 0.299 e. The van der Waals surface area contributed by atoms with Crippen LogP contribution in [0.2, 0.25) is 0 Å². The number of hydrogen-bond donors (Lipinski definition) is 1. The highest BCUT2D eigenvalue weighted by atomic mass is 19.1. The number of non-ortho nitro benzene ring substituents is 1. The quantitative estimate of drug-likeness (QED) is 0.441. The van der Waals surface area contributed by atoms with Gasteiger partial charge in [-0.3, -0.25) is 15.4 Å². The van der Waals surface area contributed by atoms with Crippen LogP contribution < -0.4 is 5.32 Å². The number of nitrogens with one attached hydrogen (secondary N) is 1. The van der Waals surface area contributed by atoms with E-state index in [1.807, 2.05) is 24.3 Å². The molecule has 1 unspecified atom stereocenters. The van der Waals surface area contributed by atoms with Gasteiger partial charge in [-0.05, 0) is 35.2 Å². The average Bonchev–Trinajstić information content (AvgIpc) is 2.70. The Balaban J connectivity index is 2.01. The van der Waals surface area contributed by atoms with Gasteiger partial charge in [-0.25, -0.2) is 4.39 Å². The molecule has 0 aliphatic heterocycles. The number of benzene rings is 3. The molecule has 0 spiro atoms. The molecule has 0 fully saturated rings.